The molecule has 0 saturated carbocycles. The van der Waals surface area contributed by atoms with Crippen LogP contribution in [0.1, 0.15) is 5.56 Å². The summed E-state index contributed by atoms with van der Waals surface area (Å²) in [6.07, 6.45) is 0.509. The number of hydrogen-bond donors (Lipinski definition) is 0. The van der Waals surface area contributed by atoms with Crippen LogP contribution in [0.15, 0.2) is 42.6 Å². The van der Waals surface area contributed by atoms with Crippen molar-refractivity contribution < 1.29 is 13.7 Å². The molecule has 0 unspecified atom stereocenters. The van der Waals surface area contributed by atoms with Gasteiger partial charge in [-0.05, 0) is 0 Å². The maximum atomic E-state index is 13.1. The van der Waals surface area contributed by atoms with Gasteiger partial charge in [0.05, 0.1) is 11.0 Å². The fourth-order valence-electron chi connectivity index (χ4n) is 0.911. The molecule has 0 spiro atoms. The summed E-state index contributed by atoms with van der Waals surface area (Å²) in [4.78, 5) is 8.94. The monoisotopic (exact) mass is 199 g/mol. The molecule has 1 rings (SSSR count). The summed E-state index contributed by atoms with van der Waals surface area (Å²) in [5, 5.41) is 9.86. The molecule has 0 fully saturated rings. The minimum Gasteiger partial charge on any atom is -0.259 e. The molecule has 0 aliphatic heterocycles. The van der Waals surface area contributed by atoms with E-state index in [1.54, 1.807) is 6.07 Å². The van der Waals surface area contributed by atoms with Crippen LogP contribution in [-0.2, 0) is 5.92 Å². The zero-order chi connectivity index (χ0) is 10.6. The SMILES string of the molecule is O=[N+]([O-])/C=C/C(F)(F)c1ccccc1. The van der Waals surface area contributed by atoms with E-state index < -0.39 is 10.8 Å². The van der Waals surface area contributed by atoms with E-state index in [-0.39, 0.29) is 17.8 Å². The molecule has 0 radical (unpaired) electrons. The Balaban J connectivity index is 2.91. The van der Waals surface area contributed by atoms with Gasteiger partial charge in [-0.15, -0.1) is 0 Å². The molecule has 0 heterocycles. The van der Waals surface area contributed by atoms with E-state index in [4.69, 9.17) is 0 Å². The molecule has 0 saturated heterocycles. The topological polar surface area (TPSA) is 43.1 Å². The summed E-state index contributed by atoms with van der Waals surface area (Å²) < 4.78 is 26.3. The lowest BCUT2D eigenvalue weighted by atomic mass is 10.1. The van der Waals surface area contributed by atoms with E-state index in [0.717, 1.165) is 0 Å². The summed E-state index contributed by atoms with van der Waals surface area (Å²) in [6, 6.07) is 6.91. The molecule has 0 aliphatic rings. The summed E-state index contributed by atoms with van der Waals surface area (Å²) in [5.41, 5.74) is -0.266. The van der Waals surface area contributed by atoms with Gasteiger partial charge in [-0.25, -0.2) is 0 Å². The summed E-state index contributed by atoms with van der Waals surface area (Å²) >= 11 is 0. The molecule has 74 valence electrons. The smallest absolute Gasteiger partial charge is 0.259 e. The third-order valence-electron chi connectivity index (χ3n) is 1.56. The fraction of sp³-hybridized carbons (Fsp3) is 0.111. The highest BCUT2D eigenvalue weighted by Crippen LogP contribution is 2.28. The first-order valence-electron chi connectivity index (χ1n) is 3.78. The molecule has 0 bridgehead atoms. The van der Waals surface area contributed by atoms with Crippen molar-refractivity contribution in [2.24, 2.45) is 0 Å². The van der Waals surface area contributed by atoms with Crippen LogP contribution < -0.4 is 0 Å². The number of benzene rings is 1. The molecule has 1 aromatic rings. The predicted octanol–water partition coefficient (Wildman–Crippen LogP) is 2.57. The molecule has 3 nitrogen and oxygen atoms in total. The van der Waals surface area contributed by atoms with Crippen molar-refractivity contribution >= 4 is 0 Å². The predicted molar refractivity (Wildman–Crippen MR) is 46.5 cm³/mol. The highest BCUT2D eigenvalue weighted by Gasteiger charge is 2.28. The molecule has 0 aliphatic carbocycles. The number of halogens is 2. The molecule has 5 heteroatoms. The Morgan fingerprint density at radius 1 is 1.29 bits per heavy atom. The Morgan fingerprint density at radius 3 is 2.36 bits per heavy atom. The zero-order valence-electron chi connectivity index (χ0n) is 7.06. The molecular weight excluding hydrogens is 192 g/mol. The number of rotatable bonds is 3. The van der Waals surface area contributed by atoms with E-state index in [2.05, 4.69) is 0 Å². The first kappa shape index (κ1) is 10.3. The van der Waals surface area contributed by atoms with Crippen LogP contribution in [-0.4, -0.2) is 4.92 Å². The van der Waals surface area contributed by atoms with Crippen molar-refractivity contribution in [3.05, 3.63) is 58.3 Å². The zero-order valence-corrected chi connectivity index (χ0v) is 7.06. The fourth-order valence-corrected chi connectivity index (χ4v) is 0.911. The van der Waals surface area contributed by atoms with Crippen LogP contribution in [0.5, 0.6) is 0 Å². The Hall–Kier alpha value is -1.78. The lowest BCUT2D eigenvalue weighted by Gasteiger charge is -2.09. The van der Waals surface area contributed by atoms with E-state index in [1.807, 2.05) is 0 Å². The summed E-state index contributed by atoms with van der Waals surface area (Å²) in [5.74, 6) is -3.30. The van der Waals surface area contributed by atoms with Gasteiger partial charge in [-0.2, -0.15) is 8.78 Å². The first-order valence-corrected chi connectivity index (χ1v) is 3.78. The summed E-state index contributed by atoms with van der Waals surface area (Å²) in [7, 11) is 0. The second-order valence-electron chi connectivity index (χ2n) is 2.59. The van der Waals surface area contributed by atoms with E-state index in [0.29, 0.717) is 0 Å². The molecule has 0 amide bonds. The maximum Gasteiger partial charge on any atom is 0.297 e. The third-order valence-corrected chi connectivity index (χ3v) is 1.56. The Bertz CT molecular complexity index is 349. The Morgan fingerprint density at radius 2 is 1.86 bits per heavy atom. The van der Waals surface area contributed by atoms with Crippen LogP contribution in [0.2, 0.25) is 0 Å². The van der Waals surface area contributed by atoms with E-state index >= 15 is 0 Å². The van der Waals surface area contributed by atoms with Gasteiger partial charge < -0.3 is 0 Å². The van der Waals surface area contributed by atoms with Gasteiger partial charge in [0.1, 0.15) is 0 Å². The van der Waals surface area contributed by atoms with Crippen LogP contribution >= 0.6 is 0 Å². The van der Waals surface area contributed by atoms with Gasteiger partial charge in [-0.3, -0.25) is 10.1 Å². The van der Waals surface area contributed by atoms with Crippen molar-refractivity contribution in [2.45, 2.75) is 5.92 Å². The number of hydrogen-bond acceptors (Lipinski definition) is 2. The van der Waals surface area contributed by atoms with Crippen molar-refractivity contribution in [1.29, 1.82) is 0 Å². The quantitative estimate of drug-likeness (QED) is 0.554. The number of allylic oxidation sites excluding steroid dienone is 1. The molecule has 1 aromatic carbocycles. The highest BCUT2D eigenvalue weighted by molar-refractivity contribution is 5.23. The second kappa shape index (κ2) is 3.95. The number of alkyl halides is 2. The lowest BCUT2D eigenvalue weighted by molar-refractivity contribution is -0.403. The van der Waals surface area contributed by atoms with Gasteiger partial charge in [-0.1, -0.05) is 30.3 Å². The minimum atomic E-state index is -3.30. The normalized spacial score (nSPS) is 11.9. The van der Waals surface area contributed by atoms with Gasteiger partial charge in [0.2, 0.25) is 6.20 Å². The Kier molecular flexibility index (Phi) is 2.91. The number of nitrogens with zero attached hydrogens (tertiary/aromatic N) is 1. The largest absolute Gasteiger partial charge is 0.297 e. The van der Waals surface area contributed by atoms with Crippen LogP contribution in [0.3, 0.4) is 0 Å². The van der Waals surface area contributed by atoms with Gasteiger partial charge in [0, 0.05) is 5.56 Å². The molecule has 0 atom stereocenters. The standard InChI is InChI=1S/C9H7F2NO2/c10-9(11,6-7-12(13)14)8-4-2-1-3-5-8/h1-7H/b7-6+. The molecule has 0 aromatic heterocycles. The minimum absolute atomic E-state index is 0.243. The van der Waals surface area contributed by atoms with Gasteiger partial charge in [0.15, 0.2) is 0 Å². The van der Waals surface area contributed by atoms with Crippen LogP contribution in [0, 0.1) is 10.1 Å². The lowest BCUT2D eigenvalue weighted by Crippen LogP contribution is -2.09. The van der Waals surface area contributed by atoms with Crippen molar-refractivity contribution in [3.8, 4) is 0 Å². The van der Waals surface area contributed by atoms with Gasteiger partial charge >= 0.3 is 0 Å². The van der Waals surface area contributed by atoms with Crippen molar-refractivity contribution in [3.63, 3.8) is 0 Å². The second-order valence-corrected chi connectivity index (χ2v) is 2.59. The van der Waals surface area contributed by atoms with Crippen molar-refractivity contribution in [1.82, 2.24) is 0 Å². The van der Waals surface area contributed by atoms with Crippen LogP contribution in [0.25, 0.3) is 0 Å². The van der Waals surface area contributed by atoms with Crippen LogP contribution in [0.4, 0.5) is 8.78 Å². The summed E-state index contributed by atoms with van der Waals surface area (Å²) in [6.45, 7) is 0. The molecule has 14 heavy (non-hydrogen) atoms. The van der Waals surface area contributed by atoms with Gasteiger partial charge in [0.25, 0.3) is 5.92 Å². The average molecular weight is 199 g/mol. The van der Waals surface area contributed by atoms with Crippen molar-refractivity contribution in [2.75, 3.05) is 0 Å². The highest BCUT2D eigenvalue weighted by atomic mass is 19.3. The average Bonchev–Trinajstić information content (AvgIpc) is 2.16. The third kappa shape index (κ3) is 2.62. The molecular formula is C9H7F2NO2. The molecule has 0 N–H and O–H groups in total. The first-order chi connectivity index (χ1) is 6.52. The van der Waals surface area contributed by atoms with E-state index in [1.165, 1.54) is 24.3 Å². The maximum absolute atomic E-state index is 13.1. The van der Waals surface area contributed by atoms with E-state index in [9.17, 15) is 18.9 Å². The number of nitro groups is 1. The Labute approximate surface area is 78.8 Å².